The first-order valence-corrected chi connectivity index (χ1v) is 6.56. The number of nitrogens with zero attached hydrogens (tertiary/aromatic N) is 2. The summed E-state index contributed by atoms with van der Waals surface area (Å²) in [5.74, 6) is 5.59. The lowest BCUT2D eigenvalue weighted by atomic mass is 10.2. The standard InChI is InChI=1S/C17H13N3O2/c18-10-16-9-15(11-19-12-16)7-4-8-20-17(21)22-13-14-5-2-1-3-6-14/h1-3,5-6,9,11-12H,8,13H2,(H,20,21). The molecule has 108 valence electrons. The van der Waals surface area contributed by atoms with E-state index >= 15 is 0 Å². The topological polar surface area (TPSA) is 75.0 Å². The third-order valence-corrected chi connectivity index (χ3v) is 2.63. The summed E-state index contributed by atoms with van der Waals surface area (Å²) in [4.78, 5) is 15.4. The molecule has 1 N–H and O–H groups in total. The van der Waals surface area contributed by atoms with Crippen LogP contribution in [0.4, 0.5) is 4.79 Å². The molecule has 5 nitrogen and oxygen atoms in total. The molecule has 0 atom stereocenters. The number of ether oxygens (including phenoxy) is 1. The summed E-state index contributed by atoms with van der Waals surface area (Å²) in [7, 11) is 0. The van der Waals surface area contributed by atoms with Gasteiger partial charge in [0.15, 0.2) is 0 Å². The molecule has 0 saturated heterocycles. The summed E-state index contributed by atoms with van der Waals surface area (Å²) in [5, 5.41) is 11.3. The molecule has 0 radical (unpaired) electrons. The maximum Gasteiger partial charge on any atom is 0.408 e. The van der Waals surface area contributed by atoms with Crippen molar-refractivity contribution in [1.82, 2.24) is 10.3 Å². The van der Waals surface area contributed by atoms with Crippen molar-refractivity contribution in [3.63, 3.8) is 0 Å². The molecule has 5 heteroatoms. The van der Waals surface area contributed by atoms with E-state index in [0.717, 1.165) is 5.56 Å². The van der Waals surface area contributed by atoms with Gasteiger partial charge in [-0.25, -0.2) is 4.79 Å². The van der Waals surface area contributed by atoms with E-state index in [9.17, 15) is 4.79 Å². The van der Waals surface area contributed by atoms with Crippen molar-refractivity contribution in [2.45, 2.75) is 6.61 Å². The first-order valence-electron chi connectivity index (χ1n) is 6.56. The highest BCUT2D eigenvalue weighted by molar-refractivity contribution is 5.67. The largest absolute Gasteiger partial charge is 0.445 e. The van der Waals surface area contributed by atoms with E-state index in [1.54, 1.807) is 12.3 Å². The molecule has 1 amide bonds. The molecule has 0 aliphatic carbocycles. The van der Waals surface area contributed by atoms with Crippen LogP contribution in [0.5, 0.6) is 0 Å². The number of hydrogen-bond donors (Lipinski definition) is 1. The zero-order valence-electron chi connectivity index (χ0n) is 11.7. The number of benzene rings is 1. The third kappa shape index (κ3) is 4.99. The van der Waals surface area contributed by atoms with Crippen molar-refractivity contribution in [3.8, 4) is 17.9 Å². The lowest BCUT2D eigenvalue weighted by molar-refractivity contribution is 0.141. The minimum atomic E-state index is -0.526. The molecule has 2 rings (SSSR count). The Morgan fingerprint density at radius 2 is 2.00 bits per heavy atom. The molecule has 1 aromatic heterocycles. The molecular weight excluding hydrogens is 278 g/mol. The molecule has 1 aromatic carbocycles. The average Bonchev–Trinajstić information content (AvgIpc) is 2.58. The van der Waals surface area contributed by atoms with Crippen LogP contribution in [0.25, 0.3) is 0 Å². The SMILES string of the molecule is N#Cc1cncc(C#CCNC(=O)OCc2ccccc2)c1. The average molecular weight is 291 g/mol. The molecule has 0 aliphatic heterocycles. The third-order valence-electron chi connectivity index (χ3n) is 2.63. The van der Waals surface area contributed by atoms with Crippen LogP contribution in [0.15, 0.2) is 48.8 Å². The first-order chi connectivity index (χ1) is 10.8. The number of carbonyl (C=O) groups is 1. The zero-order chi connectivity index (χ0) is 15.6. The van der Waals surface area contributed by atoms with E-state index in [0.29, 0.717) is 11.1 Å². The molecule has 1 heterocycles. The summed E-state index contributed by atoms with van der Waals surface area (Å²) in [6.07, 6.45) is 2.49. The van der Waals surface area contributed by atoms with Crippen LogP contribution in [0, 0.1) is 23.2 Å². The summed E-state index contributed by atoms with van der Waals surface area (Å²) >= 11 is 0. The lowest BCUT2D eigenvalue weighted by Gasteiger charge is -2.04. The van der Waals surface area contributed by atoms with Gasteiger partial charge in [-0.05, 0) is 11.6 Å². The van der Waals surface area contributed by atoms with E-state index < -0.39 is 6.09 Å². The Bertz CT molecular complexity index is 740. The quantitative estimate of drug-likeness (QED) is 0.880. The van der Waals surface area contributed by atoms with Gasteiger partial charge in [-0.1, -0.05) is 42.2 Å². The molecule has 0 saturated carbocycles. The Kier molecular flexibility index (Phi) is 5.54. The van der Waals surface area contributed by atoms with Gasteiger partial charge in [0.05, 0.1) is 12.1 Å². The molecule has 0 bridgehead atoms. The molecular formula is C17H13N3O2. The van der Waals surface area contributed by atoms with Crippen molar-refractivity contribution < 1.29 is 9.53 Å². The summed E-state index contributed by atoms with van der Waals surface area (Å²) in [6, 6.07) is 13.0. The normalized spacial score (nSPS) is 9.05. The number of aromatic nitrogens is 1. The summed E-state index contributed by atoms with van der Waals surface area (Å²) in [6.45, 7) is 0.374. The highest BCUT2D eigenvalue weighted by Crippen LogP contribution is 2.00. The number of pyridine rings is 1. The van der Waals surface area contributed by atoms with Crippen molar-refractivity contribution in [3.05, 3.63) is 65.5 Å². The van der Waals surface area contributed by atoms with Gasteiger partial charge in [0, 0.05) is 18.0 Å². The highest BCUT2D eigenvalue weighted by Gasteiger charge is 2.00. The second kappa shape index (κ2) is 8.08. The van der Waals surface area contributed by atoms with E-state index in [-0.39, 0.29) is 13.2 Å². The van der Waals surface area contributed by atoms with Crippen LogP contribution >= 0.6 is 0 Å². The Morgan fingerprint density at radius 3 is 2.77 bits per heavy atom. The predicted octanol–water partition coefficient (Wildman–Crippen LogP) is 2.23. The lowest BCUT2D eigenvalue weighted by Crippen LogP contribution is -2.24. The van der Waals surface area contributed by atoms with Gasteiger partial charge in [-0.15, -0.1) is 0 Å². The number of amides is 1. The predicted molar refractivity (Wildman–Crippen MR) is 80.5 cm³/mol. The maximum absolute atomic E-state index is 11.5. The van der Waals surface area contributed by atoms with Crippen LogP contribution in [0.1, 0.15) is 16.7 Å². The number of nitriles is 1. The Labute approximate surface area is 128 Å². The second-order valence-corrected chi connectivity index (χ2v) is 4.29. The van der Waals surface area contributed by atoms with E-state index in [1.807, 2.05) is 36.4 Å². The van der Waals surface area contributed by atoms with Crippen LogP contribution in [0.3, 0.4) is 0 Å². The van der Waals surface area contributed by atoms with Crippen LogP contribution in [-0.4, -0.2) is 17.6 Å². The van der Waals surface area contributed by atoms with Gasteiger partial charge in [0.1, 0.15) is 12.7 Å². The van der Waals surface area contributed by atoms with Gasteiger partial charge in [-0.3, -0.25) is 4.98 Å². The number of carbonyl (C=O) groups excluding carboxylic acids is 1. The van der Waals surface area contributed by atoms with Crippen molar-refractivity contribution in [1.29, 1.82) is 5.26 Å². The minimum absolute atomic E-state index is 0.157. The van der Waals surface area contributed by atoms with Gasteiger partial charge >= 0.3 is 6.09 Å². The molecule has 0 fully saturated rings. The Morgan fingerprint density at radius 1 is 1.23 bits per heavy atom. The summed E-state index contributed by atoms with van der Waals surface area (Å²) < 4.78 is 5.04. The van der Waals surface area contributed by atoms with Gasteiger partial charge in [0.2, 0.25) is 0 Å². The van der Waals surface area contributed by atoms with Crippen molar-refractivity contribution >= 4 is 6.09 Å². The number of hydrogen-bond acceptors (Lipinski definition) is 4. The van der Waals surface area contributed by atoms with Crippen molar-refractivity contribution in [2.24, 2.45) is 0 Å². The molecule has 0 spiro atoms. The van der Waals surface area contributed by atoms with Gasteiger partial charge < -0.3 is 10.1 Å². The Balaban J connectivity index is 1.75. The number of rotatable bonds is 3. The van der Waals surface area contributed by atoms with Gasteiger partial charge in [0.25, 0.3) is 0 Å². The van der Waals surface area contributed by atoms with E-state index in [2.05, 4.69) is 22.1 Å². The van der Waals surface area contributed by atoms with Gasteiger partial charge in [-0.2, -0.15) is 5.26 Å². The molecule has 0 unspecified atom stereocenters. The molecule has 22 heavy (non-hydrogen) atoms. The molecule has 2 aromatic rings. The van der Waals surface area contributed by atoms with Crippen LogP contribution in [0.2, 0.25) is 0 Å². The van der Waals surface area contributed by atoms with E-state index in [1.165, 1.54) is 6.20 Å². The zero-order valence-corrected chi connectivity index (χ0v) is 11.7. The minimum Gasteiger partial charge on any atom is -0.445 e. The second-order valence-electron chi connectivity index (χ2n) is 4.29. The fourth-order valence-corrected chi connectivity index (χ4v) is 1.61. The van der Waals surface area contributed by atoms with Crippen LogP contribution < -0.4 is 5.32 Å². The number of alkyl carbamates (subject to hydrolysis) is 1. The first kappa shape index (κ1) is 15.1. The fourth-order valence-electron chi connectivity index (χ4n) is 1.61. The number of nitrogens with one attached hydrogen (secondary N) is 1. The van der Waals surface area contributed by atoms with Crippen molar-refractivity contribution in [2.75, 3.05) is 6.54 Å². The van der Waals surface area contributed by atoms with Crippen LogP contribution in [-0.2, 0) is 11.3 Å². The smallest absolute Gasteiger partial charge is 0.408 e. The monoisotopic (exact) mass is 291 g/mol. The highest BCUT2D eigenvalue weighted by atomic mass is 16.5. The maximum atomic E-state index is 11.5. The summed E-state index contributed by atoms with van der Waals surface area (Å²) in [5.41, 5.74) is 1.99. The fraction of sp³-hybridized carbons (Fsp3) is 0.118. The molecule has 0 aliphatic rings. The Hall–Kier alpha value is -3.31. The van der Waals surface area contributed by atoms with E-state index in [4.69, 9.17) is 10.00 Å².